The second-order valence-corrected chi connectivity index (χ2v) is 8.67. The molecule has 2 aromatic carbocycles. The van der Waals surface area contributed by atoms with Crippen LogP contribution in [0, 0.1) is 5.41 Å². The van der Waals surface area contributed by atoms with E-state index >= 15 is 0 Å². The highest BCUT2D eigenvalue weighted by molar-refractivity contribution is 5.78. The van der Waals surface area contributed by atoms with Crippen molar-refractivity contribution in [3.05, 3.63) is 75.7 Å². The third-order valence-corrected chi connectivity index (χ3v) is 5.40. The Morgan fingerprint density at radius 2 is 1.66 bits per heavy atom. The molecule has 4 rings (SSSR count). The number of nitrogens with one attached hydrogen (secondary N) is 3. The molecule has 0 aliphatic heterocycles. The summed E-state index contributed by atoms with van der Waals surface area (Å²) < 4.78 is 1.90. The third kappa shape index (κ3) is 4.36. The van der Waals surface area contributed by atoms with E-state index in [1.807, 2.05) is 42.0 Å². The number of hydrogen-bond donors (Lipinski definition) is 3. The molecule has 0 radical (unpaired) electrons. The van der Waals surface area contributed by atoms with Crippen molar-refractivity contribution in [3.8, 4) is 5.69 Å². The number of nitrogens with zero attached hydrogens (tertiary/aromatic N) is 4. The molecular formula is C23H25N7O2. The molecule has 32 heavy (non-hydrogen) atoms. The van der Waals surface area contributed by atoms with E-state index < -0.39 is 10.9 Å². The van der Waals surface area contributed by atoms with Crippen LogP contribution in [0.15, 0.2) is 64.8 Å². The zero-order chi connectivity index (χ0) is 22.9. The zero-order valence-corrected chi connectivity index (χ0v) is 18.4. The normalized spacial score (nSPS) is 12.5. The molecule has 9 nitrogen and oxygen atoms in total. The highest BCUT2D eigenvalue weighted by Gasteiger charge is 2.27. The molecule has 0 unspecified atom stereocenters. The molecule has 0 saturated heterocycles. The van der Waals surface area contributed by atoms with Gasteiger partial charge >= 0.3 is 0 Å². The number of anilines is 5. The van der Waals surface area contributed by atoms with Gasteiger partial charge in [-0.2, -0.15) is 4.98 Å². The standard InChI is InChI=1S/C23H25N7O2/c1-14(23(2,3)4)26-18-19(21(32)20(18)31)28-17-9-10-25-22(29-17)27-15-5-7-16(8-6-15)30-12-11-24-13-30/h5-14,26H,1-4H3,(H2,25,27,28,29)/t14-/m1/s1. The summed E-state index contributed by atoms with van der Waals surface area (Å²) in [5, 5.41) is 9.26. The van der Waals surface area contributed by atoms with E-state index in [-0.39, 0.29) is 17.1 Å². The first kappa shape index (κ1) is 21.2. The molecule has 0 amide bonds. The van der Waals surface area contributed by atoms with Crippen molar-refractivity contribution >= 4 is 28.8 Å². The maximum atomic E-state index is 12.1. The summed E-state index contributed by atoms with van der Waals surface area (Å²) in [6.07, 6.45) is 6.90. The minimum absolute atomic E-state index is 0.000676. The fraction of sp³-hybridized carbons (Fsp3) is 0.261. The average molecular weight is 432 g/mol. The van der Waals surface area contributed by atoms with Gasteiger partial charge in [-0.15, -0.1) is 0 Å². The lowest BCUT2D eigenvalue weighted by molar-refractivity contribution is 0.359. The molecule has 2 heterocycles. The van der Waals surface area contributed by atoms with Crippen LogP contribution in [0.2, 0.25) is 0 Å². The number of benzene rings is 1. The zero-order valence-electron chi connectivity index (χ0n) is 18.4. The molecule has 0 aliphatic rings. The van der Waals surface area contributed by atoms with Crippen LogP contribution in [-0.2, 0) is 0 Å². The van der Waals surface area contributed by atoms with Crippen LogP contribution in [0.25, 0.3) is 5.69 Å². The van der Waals surface area contributed by atoms with Crippen molar-refractivity contribution in [1.29, 1.82) is 0 Å². The molecule has 0 bridgehead atoms. The smallest absolute Gasteiger partial charge is 0.253 e. The molecule has 0 fully saturated rings. The SMILES string of the molecule is C[C@@H](Nc1c(Nc2ccnc(Nc3ccc(-n4ccnc4)cc3)n2)c(=O)c1=O)C(C)(C)C. The fourth-order valence-corrected chi connectivity index (χ4v) is 2.96. The largest absolute Gasteiger partial charge is 0.377 e. The van der Waals surface area contributed by atoms with Crippen molar-refractivity contribution in [1.82, 2.24) is 19.5 Å². The molecule has 4 aromatic rings. The Hall–Kier alpha value is -4.01. The highest BCUT2D eigenvalue weighted by atomic mass is 16.2. The van der Waals surface area contributed by atoms with Gasteiger partial charge in [-0.05, 0) is 42.7 Å². The topological polar surface area (TPSA) is 114 Å². The molecule has 0 saturated carbocycles. The second kappa shape index (κ2) is 8.26. The molecule has 3 N–H and O–H groups in total. The fourth-order valence-electron chi connectivity index (χ4n) is 2.96. The Morgan fingerprint density at radius 3 is 2.31 bits per heavy atom. The number of hydrogen-bond acceptors (Lipinski definition) is 8. The molecule has 0 aliphatic carbocycles. The van der Waals surface area contributed by atoms with Crippen molar-refractivity contribution in [3.63, 3.8) is 0 Å². The Morgan fingerprint density at radius 1 is 0.938 bits per heavy atom. The van der Waals surface area contributed by atoms with Gasteiger partial charge in [-0.25, -0.2) is 9.97 Å². The van der Waals surface area contributed by atoms with Gasteiger partial charge in [-0.1, -0.05) is 20.8 Å². The van der Waals surface area contributed by atoms with E-state index in [2.05, 4.69) is 51.7 Å². The lowest BCUT2D eigenvalue weighted by atomic mass is 9.87. The first-order chi connectivity index (χ1) is 15.2. The van der Waals surface area contributed by atoms with Gasteiger partial charge < -0.3 is 20.5 Å². The summed E-state index contributed by atoms with van der Waals surface area (Å²) in [6.45, 7) is 8.17. The lowest BCUT2D eigenvalue weighted by Gasteiger charge is -2.30. The summed E-state index contributed by atoms with van der Waals surface area (Å²) in [4.78, 5) is 36.9. The Balaban J connectivity index is 1.48. The average Bonchev–Trinajstić information content (AvgIpc) is 3.31. The van der Waals surface area contributed by atoms with Crippen LogP contribution in [0.1, 0.15) is 27.7 Å². The van der Waals surface area contributed by atoms with Gasteiger partial charge in [0, 0.05) is 36.0 Å². The maximum absolute atomic E-state index is 12.1. The molecule has 9 heteroatoms. The number of aromatic nitrogens is 4. The Bertz CT molecular complexity index is 1280. The van der Waals surface area contributed by atoms with Crippen molar-refractivity contribution in [2.75, 3.05) is 16.0 Å². The lowest BCUT2D eigenvalue weighted by Crippen LogP contribution is -2.41. The molecule has 0 spiro atoms. The molecule has 1 atom stereocenters. The summed E-state index contributed by atoms with van der Waals surface area (Å²) in [5.41, 5.74) is 1.15. The van der Waals surface area contributed by atoms with E-state index in [0.29, 0.717) is 17.5 Å². The minimum atomic E-state index is -0.558. The second-order valence-electron chi connectivity index (χ2n) is 8.67. The van der Waals surface area contributed by atoms with Crippen LogP contribution >= 0.6 is 0 Å². The maximum Gasteiger partial charge on any atom is 0.253 e. The Labute approximate surface area is 185 Å². The summed E-state index contributed by atoms with van der Waals surface area (Å²) in [6, 6.07) is 9.35. The van der Waals surface area contributed by atoms with Gasteiger partial charge in [-0.3, -0.25) is 9.59 Å². The summed E-state index contributed by atoms with van der Waals surface area (Å²) in [7, 11) is 0. The third-order valence-electron chi connectivity index (χ3n) is 5.40. The predicted molar refractivity (Wildman–Crippen MR) is 126 cm³/mol. The first-order valence-electron chi connectivity index (χ1n) is 10.3. The monoisotopic (exact) mass is 431 g/mol. The van der Waals surface area contributed by atoms with E-state index in [4.69, 9.17) is 0 Å². The van der Waals surface area contributed by atoms with Gasteiger partial charge in [0.25, 0.3) is 10.9 Å². The molecule has 2 aromatic heterocycles. The van der Waals surface area contributed by atoms with Crippen LogP contribution in [0.5, 0.6) is 0 Å². The summed E-state index contributed by atoms with van der Waals surface area (Å²) >= 11 is 0. The Kier molecular flexibility index (Phi) is 5.48. The van der Waals surface area contributed by atoms with Crippen molar-refractivity contribution in [2.24, 2.45) is 5.41 Å². The van der Waals surface area contributed by atoms with E-state index in [0.717, 1.165) is 11.4 Å². The van der Waals surface area contributed by atoms with Gasteiger partial charge in [0.15, 0.2) is 0 Å². The van der Waals surface area contributed by atoms with Gasteiger partial charge in [0.1, 0.15) is 17.2 Å². The van der Waals surface area contributed by atoms with E-state index in [9.17, 15) is 9.59 Å². The van der Waals surface area contributed by atoms with Crippen molar-refractivity contribution < 1.29 is 0 Å². The predicted octanol–water partition coefficient (Wildman–Crippen LogP) is 3.59. The van der Waals surface area contributed by atoms with Crippen LogP contribution < -0.4 is 26.8 Å². The molecular weight excluding hydrogens is 406 g/mol. The van der Waals surface area contributed by atoms with E-state index in [1.54, 1.807) is 24.8 Å². The van der Waals surface area contributed by atoms with E-state index in [1.165, 1.54) is 0 Å². The highest BCUT2D eigenvalue weighted by Crippen LogP contribution is 2.26. The van der Waals surface area contributed by atoms with Gasteiger partial charge in [0.05, 0.1) is 6.33 Å². The quantitative estimate of drug-likeness (QED) is 0.381. The first-order valence-corrected chi connectivity index (χ1v) is 10.3. The number of imidazole rings is 1. The van der Waals surface area contributed by atoms with Crippen LogP contribution in [-0.4, -0.2) is 25.6 Å². The van der Waals surface area contributed by atoms with Crippen molar-refractivity contribution in [2.45, 2.75) is 33.7 Å². The number of rotatable bonds is 7. The van der Waals surface area contributed by atoms with Crippen LogP contribution in [0.3, 0.4) is 0 Å². The van der Waals surface area contributed by atoms with Gasteiger partial charge in [0.2, 0.25) is 5.95 Å². The molecule has 164 valence electrons. The summed E-state index contributed by atoms with van der Waals surface area (Å²) in [5.74, 6) is 0.776. The van der Waals surface area contributed by atoms with Crippen LogP contribution in [0.4, 0.5) is 28.8 Å². The minimum Gasteiger partial charge on any atom is -0.377 e.